The Morgan fingerprint density at radius 3 is 1.61 bits per heavy atom. The van der Waals surface area contributed by atoms with E-state index in [0.29, 0.717) is 31.1 Å². The van der Waals surface area contributed by atoms with Crippen LogP contribution in [0.5, 0.6) is 0 Å². The molecule has 8 saturated carbocycles. The van der Waals surface area contributed by atoms with Gasteiger partial charge in [0, 0.05) is 5.41 Å². The summed E-state index contributed by atoms with van der Waals surface area (Å²) in [4.78, 5) is 18.6. The van der Waals surface area contributed by atoms with Gasteiger partial charge in [0.2, 0.25) is 0 Å². The molecule has 3 atom stereocenters. The van der Waals surface area contributed by atoms with Gasteiger partial charge in [0.1, 0.15) is 11.7 Å². The predicted octanol–water partition coefficient (Wildman–Crippen LogP) is 8.74. The molecule has 3 unspecified atom stereocenters. The third kappa shape index (κ3) is 4.40. The van der Waals surface area contributed by atoms with Crippen LogP contribution in [-0.4, -0.2) is 35.3 Å². The van der Waals surface area contributed by atoms with Crippen molar-refractivity contribution in [2.45, 2.75) is 128 Å². The van der Waals surface area contributed by atoms with Gasteiger partial charge in [-0.15, -0.1) is 0 Å². The fraction of sp³-hybridized carbons (Fsp3) is 0.968. The maximum absolute atomic E-state index is 15.2. The third-order valence-corrected chi connectivity index (χ3v) is 13.3. The summed E-state index contributed by atoms with van der Waals surface area (Å²) in [5, 5.41) is 10.1. The van der Waals surface area contributed by atoms with Crippen molar-refractivity contribution in [1.82, 2.24) is 0 Å². The molecule has 0 aromatic carbocycles. The summed E-state index contributed by atoms with van der Waals surface area (Å²) in [6.45, 7) is 3.54. The van der Waals surface area contributed by atoms with E-state index in [-0.39, 0.29) is 29.6 Å². The second-order valence-electron chi connectivity index (χ2n) is 15.7. The molecule has 8 fully saturated rings. The summed E-state index contributed by atoms with van der Waals surface area (Å²) in [5.74, 6) is -0.302. The lowest BCUT2D eigenvalue weighted by Gasteiger charge is -2.61. The van der Waals surface area contributed by atoms with Gasteiger partial charge in [0.05, 0.1) is 5.41 Å². The van der Waals surface area contributed by atoms with Gasteiger partial charge in [-0.2, -0.15) is 26.3 Å². The minimum atomic E-state index is -5.30. The molecule has 0 aliphatic heterocycles. The first-order valence-corrected chi connectivity index (χ1v) is 15.7. The summed E-state index contributed by atoms with van der Waals surface area (Å²) in [6, 6.07) is 0. The van der Waals surface area contributed by atoms with E-state index >= 15 is 26.3 Å². The lowest BCUT2D eigenvalue weighted by atomic mass is 9.45. The van der Waals surface area contributed by atoms with Gasteiger partial charge in [-0.05, 0) is 139 Å². The average molecular weight is 595 g/mol. The fourth-order valence-corrected chi connectivity index (χ4v) is 11.7. The van der Waals surface area contributed by atoms with E-state index in [2.05, 4.69) is 0 Å². The number of hydrogen-bond acceptors (Lipinski definition) is 4. The van der Waals surface area contributed by atoms with Gasteiger partial charge in [-0.25, -0.2) is 4.89 Å². The Hall–Kier alpha value is -1.03. The molecule has 41 heavy (non-hydrogen) atoms. The van der Waals surface area contributed by atoms with E-state index in [9.17, 15) is 10.1 Å². The molecule has 0 aromatic heterocycles. The van der Waals surface area contributed by atoms with Crippen molar-refractivity contribution >= 4 is 5.97 Å². The zero-order valence-electron chi connectivity index (χ0n) is 24.3. The molecule has 8 aliphatic carbocycles. The zero-order valence-corrected chi connectivity index (χ0v) is 24.3. The summed E-state index contributed by atoms with van der Waals surface area (Å²) in [6.07, 6.45) is -6.83. The van der Waals surface area contributed by atoms with Crippen LogP contribution in [0.25, 0.3) is 0 Å². The minimum absolute atomic E-state index is 0.0833. The van der Waals surface area contributed by atoms with E-state index < -0.39 is 59.1 Å². The third-order valence-electron chi connectivity index (χ3n) is 13.3. The number of carbonyl (C=O) groups excluding carboxylic acids is 1. The molecule has 234 valence electrons. The van der Waals surface area contributed by atoms with Crippen molar-refractivity contribution in [3.63, 3.8) is 0 Å². The number of ether oxygens (including phenoxy) is 1. The molecule has 10 heteroatoms. The van der Waals surface area contributed by atoms with Crippen molar-refractivity contribution in [3.8, 4) is 0 Å². The first-order valence-electron chi connectivity index (χ1n) is 15.7. The quantitative estimate of drug-likeness (QED) is 0.132. The highest BCUT2D eigenvalue weighted by molar-refractivity contribution is 5.78. The van der Waals surface area contributed by atoms with Crippen LogP contribution in [0.15, 0.2) is 0 Å². The topological polar surface area (TPSA) is 55.8 Å². The van der Waals surface area contributed by atoms with E-state index in [1.54, 1.807) is 6.92 Å². The van der Waals surface area contributed by atoms with Crippen molar-refractivity contribution in [2.75, 3.05) is 0 Å². The highest BCUT2D eigenvalue weighted by Gasteiger charge is 2.73. The summed E-state index contributed by atoms with van der Waals surface area (Å²) in [5.41, 5.74) is -8.75. The molecule has 8 rings (SSSR count). The predicted molar refractivity (Wildman–Crippen MR) is 137 cm³/mol. The average Bonchev–Trinajstić information content (AvgIpc) is 2.83. The van der Waals surface area contributed by atoms with E-state index in [1.165, 1.54) is 0 Å². The van der Waals surface area contributed by atoms with Crippen molar-refractivity contribution < 1.29 is 46.0 Å². The van der Waals surface area contributed by atoms with Gasteiger partial charge in [-0.1, -0.05) is 6.92 Å². The van der Waals surface area contributed by atoms with E-state index in [1.807, 2.05) is 0 Å². The van der Waals surface area contributed by atoms with Crippen LogP contribution in [0, 0.1) is 57.7 Å². The molecule has 8 aliphatic rings. The molecule has 0 amide bonds. The number of rotatable bonds is 8. The second kappa shape index (κ2) is 9.48. The van der Waals surface area contributed by atoms with Gasteiger partial charge < -0.3 is 4.74 Å². The van der Waals surface area contributed by atoms with Crippen LogP contribution < -0.4 is 0 Å². The Kier molecular flexibility index (Phi) is 6.94. The van der Waals surface area contributed by atoms with E-state index in [4.69, 9.17) is 9.62 Å². The van der Waals surface area contributed by atoms with Gasteiger partial charge in [0.25, 0.3) is 0 Å². The Balaban J connectivity index is 1.36. The number of carbonyl (C=O) groups is 1. The maximum atomic E-state index is 15.2. The zero-order chi connectivity index (χ0) is 29.8. The Bertz CT molecular complexity index is 975. The van der Waals surface area contributed by atoms with Crippen molar-refractivity contribution in [1.29, 1.82) is 0 Å². The number of esters is 1. The molecule has 0 saturated heterocycles. The Labute approximate surface area is 238 Å². The molecular weight excluding hydrogens is 550 g/mol. The van der Waals surface area contributed by atoms with Crippen LogP contribution in [-0.2, 0) is 14.4 Å². The molecular formula is C31H44F6O4. The lowest BCUT2D eigenvalue weighted by Crippen LogP contribution is -2.64. The first kappa shape index (κ1) is 30.0. The van der Waals surface area contributed by atoms with Crippen LogP contribution >= 0.6 is 0 Å². The fourth-order valence-electron chi connectivity index (χ4n) is 11.7. The highest BCUT2D eigenvalue weighted by atomic mass is 19.4. The molecule has 0 heterocycles. The van der Waals surface area contributed by atoms with Gasteiger partial charge >= 0.3 is 18.3 Å². The summed E-state index contributed by atoms with van der Waals surface area (Å²) in [7, 11) is 0. The van der Waals surface area contributed by atoms with E-state index in [0.717, 1.165) is 65.2 Å². The largest absolute Gasteiger partial charge is 0.458 e. The monoisotopic (exact) mass is 594 g/mol. The molecule has 0 radical (unpaired) electrons. The van der Waals surface area contributed by atoms with Crippen LogP contribution in [0.3, 0.4) is 0 Å². The standard InChI is InChI=1S/C31H44F6O4/c1-4-29(31(35,36)37,25(38)40-27(3)22-9-17-5-18(11-22)12-23(27)10-17)16-26(2,30(32,33)34)24(41-39)28-13-19-6-20(14-28)8-21(7-19)15-28/h17-24,39H,4-16H2,1-3H3. The lowest BCUT2D eigenvalue weighted by molar-refractivity contribution is -0.390. The molecule has 1 N–H and O–H groups in total. The molecule has 4 nitrogen and oxygen atoms in total. The van der Waals surface area contributed by atoms with Gasteiger partial charge in [0.15, 0.2) is 5.41 Å². The van der Waals surface area contributed by atoms with Crippen LogP contribution in [0.2, 0.25) is 0 Å². The number of alkyl halides is 6. The molecule has 0 spiro atoms. The maximum Gasteiger partial charge on any atom is 0.404 e. The second-order valence-corrected chi connectivity index (χ2v) is 15.7. The number of halogens is 6. The Morgan fingerprint density at radius 1 is 0.805 bits per heavy atom. The van der Waals surface area contributed by atoms with Crippen LogP contribution in [0.4, 0.5) is 26.3 Å². The number of hydrogen-bond donors (Lipinski definition) is 1. The van der Waals surface area contributed by atoms with Crippen LogP contribution in [0.1, 0.15) is 104 Å². The normalized spacial score (nSPS) is 44.9. The SMILES string of the molecule is CCC(CC(C)(C(OO)C12CC3CC(CC(C3)C1)C2)C(F)(F)F)(C(=O)OC1(C)C2CC3CC(C2)CC1C3)C(F)(F)F. The Morgan fingerprint density at radius 2 is 1.24 bits per heavy atom. The summed E-state index contributed by atoms with van der Waals surface area (Å²) < 4.78 is 96.9. The van der Waals surface area contributed by atoms with Crippen molar-refractivity contribution in [2.24, 2.45) is 57.7 Å². The molecule has 8 bridgehead atoms. The first-order chi connectivity index (χ1) is 19.0. The summed E-state index contributed by atoms with van der Waals surface area (Å²) >= 11 is 0. The van der Waals surface area contributed by atoms with Gasteiger partial charge in [-0.3, -0.25) is 10.1 Å². The van der Waals surface area contributed by atoms with Crippen molar-refractivity contribution in [3.05, 3.63) is 0 Å². The molecule has 0 aromatic rings. The smallest absolute Gasteiger partial charge is 0.404 e. The minimum Gasteiger partial charge on any atom is -0.458 e. The highest BCUT2D eigenvalue weighted by Crippen LogP contribution is 2.68.